The van der Waals surface area contributed by atoms with Gasteiger partial charge in [0.2, 0.25) is 0 Å². The summed E-state index contributed by atoms with van der Waals surface area (Å²) in [7, 11) is -3.34. The van der Waals surface area contributed by atoms with Crippen molar-refractivity contribution >= 4 is 21.8 Å². The Hall–Kier alpha value is -1.89. The van der Waals surface area contributed by atoms with Crippen LogP contribution in [0.3, 0.4) is 0 Å². The molecule has 0 aliphatic rings. The molecule has 1 aromatic rings. The van der Waals surface area contributed by atoms with Gasteiger partial charge in [-0.3, -0.25) is 9.59 Å². The molecule has 0 radical (unpaired) electrons. The summed E-state index contributed by atoms with van der Waals surface area (Å²) >= 11 is 0. The lowest BCUT2D eigenvalue weighted by Crippen LogP contribution is -2.26. The summed E-state index contributed by atoms with van der Waals surface area (Å²) in [5.41, 5.74) is 0.333. The van der Waals surface area contributed by atoms with E-state index < -0.39 is 27.7 Å². The molecular weight excluding hydrogens is 296 g/mol. The third-order valence-corrected chi connectivity index (χ3v) is 3.81. The zero-order valence-corrected chi connectivity index (χ0v) is 13.0. The van der Waals surface area contributed by atoms with Crippen LogP contribution in [0.15, 0.2) is 29.2 Å². The maximum absolute atomic E-state index is 11.9. The number of carbonyl (C=O) groups is 2. The van der Waals surface area contributed by atoms with Crippen molar-refractivity contribution in [2.75, 3.05) is 19.5 Å². The standard InChI is InChI=1S/C14H18O6S/c1-4-19-13(15)12(14(16)20-5-2)10-6-8-11(9-7-10)21(3,17)18/h6-9,12H,4-5H2,1-3H3. The lowest BCUT2D eigenvalue weighted by Gasteiger charge is -2.14. The van der Waals surface area contributed by atoms with E-state index in [1.807, 2.05) is 0 Å². The largest absolute Gasteiger partial charge is 0.465 e. The van der Waals surface area contributed by atoms with E-state index in [1.165, 1.54) is 24.3 Å². The molecule has 21 heavy (non-hydrogen) atoms. The molecule has 0 saturated carbocycles. The monoisotopic (exact) mass is 314 g/mol. The minimum absolute atomic E-state index is 0.109. The van der Waals surface area contributed by atoms with E-state index in [1.54, 1.807) is 13.8 Å². The van der Waals surface area contributed by atoms with Crippen LogP contribution in [0, 0.1) is 0 Å². The topological polar surface area (TPSA) is 86.7 Å². The second kappa shape index (κ2) is 7.21. The van der Waals surface area contributed by atoms with Crippen molar-refractivity contribution in [3.8, 4) is 0 Å². The molecule has 0 unspecified atom stereocenters. The molecule has 6 nitrogen and oxygen atoms in total. The second-order valence-electron chi connectivity index (χ2n) is 4.28. The highest BCUT2D eigenvalue weighted by Crippen LogP contribution is 2.21. The van der Waals surface area contributed by atoms with E-state index in [0.29, 0.717) is 5.56 Å². The third kappa shape index (κ3) is 4.56. The first-order chi connectivity index (χ1) is 9.81. The Balaban J connectivity index is 3.14. The van der Waals surface area contributed by atoms with Crippen LogP contribution in [-0.4, -0.2) is 39.8 Å². The third-order valence-electron chi connectivity index (χ3n) is 2.69. The number of benzene rings is 1. The van der Waals surface area contributed by atoms with E-state index in [2.05, 4.69) is 0 Å². The van der Waals surface area contributed by atoms with Crippen LogP contribution >= 0.6 is 0 Å². The van der Waals surface area contributed by atoms with Gasteiger partial charge in [0.05, 0.1) is 18.1 Å². The van der Waals surface area contributed by atoms with Crippen LogP contribution in [0.4, 0.5) is 0 Å². The van der Waals surface area contributed by atoms with Crippen molar-refractivity contribution in [1.82, 2.24) is 0 Å². The number of rotatable bonds is 6. The van der Waals surface area contributed by atoms with Gasteiger partial charge in [0.25, 0.3) is 0 Å². The highest BCUT2D eigenvalue weighted by Gasteiger charge is 2.31. The highest BCUT2D eigenvalue weighted by molar-refractivity contribution is 7.90. The molecule has 0 fully saturated rings. The minimum atomic E-state index is -3.34. The van der Waals surface area contributed by atoms with Gasteiger partial charge in [0, 0.05) is 6.26 Å². The normalized spacial score (nSPS) is 11.2. The van der Waals surface area contributed by atoms with Crippen molar-refractivity contribution in [2.45, 2.75) is 24.7 Å². The summed E-state index contributed by atoms with van der Waals surface area (Å²) in [4.78, 5) is 23.9. The lowest BCUT2D eigenvalue weighted by molar-refractivity contribution is -0.156. The minimum Gasteiger partial charge on any atom is -0.465 e. The van der Waals surface area contributed by atoms with Gasteiger partial charge in [-0.25, -0.2) is 8.42 Å². The van der Waals surface area contributed by atoms with Crippen LogP contribution in [0.5, 0.6) is 0 Å². The molecule has 1 aromatic carbocycles. The Bertz CT molecular complexity index is 585. The lowest BCUT2D eigenvalue weighted by atomic mass is 9.99. The predicted molar refractivity (Wildman–Crippen MR) is 75.6 cm³/mol. The van der Waals surface area contributed by atoms with E-state index in [9.17, 15) is 18.0 Å². The van der Waals surface area contributed by atoms with Crippen LogP contribution < -0.4 is 0 Å². The maximum Gasteiger partial charge on any atom is 0.324 e. The Morgan fingerprint density at radius 2 is 1.43 bits per heavy atom. The predicted octanol–water partition coefficient (Wildman–Crippen LogP) is 1.30. The molecule has 0 N–H and O–H groups in total. The molecular formula is C14H18O6S. The molecule has 0 amide bonds. The van der Waals surface area contributed by atoms with Crippen LogP contribution in [0.1, 0.15) is 25.3 Å². The molecule has 1 rings (SSSR count). The highest BCUT2D eigenvalue weighted by atomic mass is 32.2. The van der Waals surface area contributed by atoms with Crippen LogP contribution in [0.25, 0.3) is 0 Å². The summed E-state index contributed by atoms with van der Waals surface area (Å²) in [5.74, 6) is -2.65. The molecule has 116 valence electrons. The van der Waals surface area contributed by atoms with E-state index >= 15 is 0 Å². The van der Waals surface area contributed by atoms with Crippen LogP contribution in [-0.2, 0) is 28.9 Å². The Morgan fingerprint density at radius 1 is 1.00 bits per heavy atom. The smallest absolute Gasteiger partial charge is 0.324 e. The first-order valence-corrected chi connectivity index (χ1v) is 8.33. The van der Waals surface area contributed by atoms with E-state index in [4.69, 9.17) is 9.47 Å². The summed E-state index contributed by atoms with van der Waals surface area (Å²) in [6.45, 7) is 3.53. The molecule has 0 atom stereocenters. The van der Waals surface area contributed by atoms with E-state index in [-0.39, 0.29) is 18.1 Å². The van der Waals surface area contributed by atoms with E-state index in [0.717, 1.165) is 6.26 Å². The van der Waals surface area contributed by atoms with Crippen molar-refractivity contribution < 1.29 is 27.5 Å². The number of carbonyl (C=O) groups excluding carboxylic acids is 2. The first-order valence-electron chi connectivity index (χ1n) is 6.44. The zero-order valence-electron chi connectivity index (χ0n) is 12.2. The van der Waals surface area contributed by atoms with Gasteiger partial charge in [0.15, 0.2) is 15.8 Å². The second-order valence-corrected chi connectivity index (χ2v) is 6.29. The Kier molecular flexibility index (Phi) is 5.90. The molecule has 0 bridgehead atoms. The average molecular weight is 314 g/mol. The first kappa shape index (κ1) is 17.2. The molecule has 0 saturated heterocycles. The number of hydrogen-bond acceptors (Lipinski definition) is 6. The number of sulfone groups is 1. The molecule has 0 aliphatic carbocycles. The summed E-state index contributed by atoms with van der Waals surface area (Å²) in [6.07, 6.45) is 1.08. The molecule has 7 heteroatoms. The zero-order chi connectivity index (χ0) is 16.0. The molecule has 0 heterocycles. The Morgan fingerprint density at radius 3 is 1.76 bits per heavy atom. The summed E-state index contributed by atoms with van der Waals surface area (Å²) in [5, 5.41) is 0. The quantitative estimate of drug-likeness (QED) is 0.581. The SMILES string of the molecule is CCOC(=O)C(C(=O)OCC)c1ccc(S(C)(=O)=O)cc1. The molecule has 0 aliphatic heterocycles. The maximum atomic E-state index is 11.9. The van der Waals surface area contributed by atoms with Crippen molar-refractivity contribution in [3.05, 3.63) is 29.8 Å². The number of hydrogen-bond donors (Lipinski definition) is 0. The summed E-state index contributed by atoms with van der Waals surface area (Å²) in [6, 6.07) is 5.51. The van der Waals surface area contributed by atoms with Gasteiger partial charge in [-0.15, -0.1) is 0 Å². The van der Waals surface area contributed by atoms with Crippen molar-refractivity contribution in [3.63, 3.8) is 0 Å². The van der Waals surface area contributed by atoms with Crippen LogP contribution in [0.2, 0.25) is 0 Å². The van der Waals surface area contributed by atoms with Gasteiger partial charge in [-0.1, -0.05) is 12.1 Å². The van der Waals surface area contributed by atoms with Gasteiger partial charge in [-0.05, 0) is 31.5 Å². The fraction of sp³-hybridized carbons (Fsp3) is 0.429. The van der Waals surface area contributed by atoms with Gasteiger partial charge >= 0.3 is 11.9 Å². The van der Waals surface area contributed by atoms with Crippen molar-refractivity contribution in [1.29, 1.82) is 0 Å². The van der Waals surface area contributed by atoms with Gasteiger partial charge in [-0.2, -0.15) is 0 Å². The fourth-order valence-electron chi connectivity index (χ4n) is 1.73. The van der Waals surface area contributed by atoms with Crippen molar-refractivity contribution in [2.24, 2.45) is 0 Å². The number of ether oxygens (including phenoxy) is 2. The molecule has 0 spiro atoms. The van der Waals surface area contributed by atoms with Gasteiger partial charge in [0.1, 0.15) is 0 Å². The molecule has 0 aromatic heterocycles. The summed E-state index contributed by atoms with van der Waals surface area (Å²) < 4.78 is 32.5. The fourth-order valence-corrected chi connectivity index (χ4v) is 2.36. The Labute approximate surface area is 124 Å². The average Bonchev–Trinajstić information content (AvgIpc) is 2.39. The van der Waals surface area contributed by atoms with Gasteiger partial charge < -0.3 is 9.47 Å². The number of esters is 2.